The van der Waals surface area contributed by atoms with Crippen molar-refractivity contribution in [3.8, 4) is 17.0 Å². The number of imidazole rings is 1. The Morgan fingerprint density at radius 1 is 1.26 bits per heavy atom. The van der Waals surface area contributed by atoms with Gasteiger partial charge >= 0.3 is 0 Å². The summed E-state index contributed by atoms with van der Waals surface area (Å²) in [6.07, 6.45) is 7.31. The van der Waals surface area contributed by atoms with Crippen LogP contribution in [0.5, 0.6) is 5.75 Å². The van der Waals surface area contributed by atoms with Crippen molar-refractivity contribution in [1.82, 2.24) is 14.4 Å². The van der Waals surface area contributed by atoms with Crippen LogP contribution in [0, 0.1) is 0 Å². The molecule has 0 spiro atoms. The van der Waals surface area contributed by atoms with E-state index in [1.54, 1.807) is 19.6 Å². The van der Waals surface area contributed by atoms with E-state index in [-0.39, 0.29) is 0 Å². The van der Waals surface area contributed by atoms with Crippen LogP contribution in [-0.4, -0.2) is 21.5 Å². The Labute approximate surface area is 157 Å². The summed E-state index contributed by atoms with van der Waals surface area (Å²) < 4.78 is 13.0. The number of anilines is 1. The molecule has 6 heteroatoms. The second kappa shape index (κ2) is 7.15. The molecule has 1 N–H and O–H groups in total. The van der Waals surface area contributed by atoms with Gasteiger partial charge in [0.1, 0.15) is 11.5 Å². The van der Waals surface area contributed by atoms with Gasteiger partial charge in [-0.3, -0.25) is 0 Å². The van der Waals surface area contributed by atoms with Crippen LogP contribution in [0.25, 0.3) is 16.9 Å². The van der Waals surface area contributed by atoms with E-state index in [4.69, 9.17) is 14.1 Å². The minimum absolute atomic E-state index is 0.420. The lowest BCUT2D eigenvalue weighted by Gasteiger charge is -2.14. The van der Waals surface area contributed by atoms with E-state index in [9.17, 15) is 0 Å². The van der Waals surface area contributed by atoms with E-state index in [1.807, 2.05) is 35.0 Å². The molecular formula is C21H22N4O2. The van der Waals surface area contributed by atoms with Crippen molar-refractivity contribution in [2.24, 2.45) is 0 Å². The molecule has 0 aliphatic heterocycles. The van der Waals surface area contributed by atoms with Gasteiger partial charge in [0, 0.05) is 24.2 Å². The molecule has 138 valence electrons. The van der Waals surface area contributed by atoms with Crippen molar-refractivity contribution < 1.29 is 9.15 Å². The molecule has 0 aliphatic rings. The van der Waals surface area contributed by atoms with E-state index in [0.717, 1.165) is 28.4 Å². The molecule has 0 saturated carbocycles. The summed E-state index contributed by atoms with van der Waals surface area (Å²) in [7, 11) is 1.68. The lowest BCUT2D eigenvalue weighted by atomic mass is 9.99. The first kappa shape index (κ1) is 17.1. The van der Waals surface area contributed by atoms with Gasteiger partial charge in [-0.1, -0.05) is 19.9 Å². The maximum atomic E-state index is 5.59. The molecule has 27 heavy (non-hydrogen) atoms. The van der Waals surface area contributed by atoms with Crippen LogP contribution in [-0.2, 0) is 6.54 Å². The third-order valence-corrected chi connectivity index (χ3v) is 4.55. The van der Waals surface area contributed by atoms with E-state index in [1.165, 1.54) is 5.56 Å². The first-order chi connectivity index (χ1) is 13.2. The maximum absolute atomic E-state index is 5.59. The first-order valence-corrected chi connectivity index (χ1v) is 8.94. The smallest absolute Gasteiger partial charge is 0.180 e. The first-order valence-electron chi connectivity index (χ1n) is 8.94. The summed E-state index contributed by atoms with van der Waals surface area (Å²) in [4.78, 5) is 9.25. The third kappa shape index (κ3) is 3.38. The number of methoxy groups -OCH3 is 1. The summed E-state index contributed by atoms with van der Waals surface area (Å²) in [5, 5.41) is 3.33. The Kier molecular flexibility index (Phi) is 4.54. The van der Waals surface area contributed by atoms with Crippen LogP contribution in [0.2, 0.25) is 0 Å². The van der Waals surface area contributed by atoms with Crippen molar-refractivity contribution >= 4 is 11.5 Å². The average molecular weight is 362 g/mol. The monoisotopic (exact) mass is 362 g/mol. The molecule has 0 atom stereocenters. The summed E-state index contributed by atoms with van der Waals surface area (Å²) in [5.41, 5.74) is 3.79. The fraction of sp³-hybridized carbons (Fsp3) is 0.238. The Balaban J connectivity index is 1.79. The lowest BCUT2D eigenvalue weighted by molar-refractivity contribution is 0.416. The van der Waals surface area contributed by atoms with Gasteiger partial charge in [-0.15, -0.1) is 0 Å². The number of furan rings is 1. The van der Waals surface area contributed by atoms with Gasteiger partial charge in [-0.2, -0.15) is 0 Å². The Morgan fingerprint density at radius 2 is 2.15 bits per heavy atom. The molecule has 3 aromatic heterocycles. The maximum Gasteiger partial charge on any atom is 0.180 e. The second-order valence-corrected chi connectivity index (χ2v) is 6.68. The number of aromatic nitrogens is 3. The van der Waals surface area contributed by atoms with Crippen LogP contribution in [0.4, 0.5) is 5.82 Å². The van der Waals surface area contributed by atoms with Gasteiger partial charge in [-0.25, -0.2) is 9.97 Å². The quantitative estimate of drug-likeness (QED) is 0.537. The van der Waals surface area contributed by atoms with Gasteiger partial charge in [-0.05, 0) is 35.7 Å². The molecule has 0 amide bonds. The van der Waals surface area contributed by atoms with Crippen LogP contribution < -0.4 is 10.1 Å². The van der Waals surface area contributed by atoms with Gasteiger partial charge in [0.05, 0.1) is 25.6 Å². The third-order valence-electron chi connectivity index (χ3n) is 4.55. The average Bonchev–Trinajstić information content (AvgIpc) is 3.36. The standard InChI is InChI=1S/C21H22N4O2/c1-14(2)15-6-7-19(26-3)17(11-15)18-13-25-9-8-22-21(25)20(24-18)23-12-16-5-4-10-27-16/h4-11,13-14H,12H2,1-3H3,(H,23,24). The molecule has 4 rings (SSSR count). The van der Waals surface area contributed by atoms with Gasteiger partial charge in [0.2, 0.25) is 0 Å². The van der Waals surface area contributed by atoms with Crippen molar-refractivity contribution in [1.29, 1.82) is 0 Å². The number of hydrogen-bond donors (Lipinski definition) is 1. The predicted molar refractivity (Wildman–Crippen MR) is 105 cm³/mol. The highest BCUT2D eigenvalue weighted by Crippen LogP contribution is 2.33. The molecule has 0 bridgehead atoms. The van der Waals surface area contributed by atoms with Gasteiger partial charge in [0.25, 0.3) is 0 Å². The summed E-state index contributed by atoms with van der Waals surface area (Å²) in [6, 6.07) is 10.0. The molecule has 4 aromatic rings. The van der Waals surface area contributed by atoms with Gasteiger partial charge < -0.3 is 18.9 Å². The fourth-order valence-electron chi connectivity index (χ4n) is 3.05. The normalized spacial score (nSPS) is 11.3. The SMILES string of the molecule is COc1ccc(C(C)C)cc1-c1cn2ccnc2c(NCc2ccco2)n1. The fourth-order valence-corrected chi connectivity index (χ4v) is 3.05. The van der Waals surface area contributed by atoms with E-state index < -0.39 is 0 Å². The Bertz CT molecular complexity index is 1050. The molecule has 3 heterocycles. The molecule has 0 saturated heterocycles. The number of ether oxygens (including phenoxy) is 1. The topological polar surface area (TPSA) is 64.6 Å². The zero-order valence-electron chi connectivity index (χ0n) is 15.6. The summed E-state index contributed by atoms with van der Waals surface area (Å²) in [6.45, 7) is 4.89. The highest BCUT2D eigenvalue weighted by molar-refractivity contribution is 5.73. The number of nitrogens with one attached hydrogen (secondary N) is 1. The number of fused-ring (bicyclic) bond motifs is 1. The highest BCUT2D eigenvalue weighted by Gasteiger charge is 2.14. The minimum Gasteiger partial charge on any atom is -0.496 e. The molecule has 0 unspecified atom stereocenters. The largest absolute Gasteiger partial charge is 0.496 e. The van der Waals surface area contributed by atoms with Gasteiger partial charge in [0.15, 0.2) is 11.5 Å². The zero-order chi connectivity index (χ0) is 18.8. The predicted octanol–water partition coefficient (Wildman–Crippen LogP) is 4.73. The molecule has 1 aromatic carbocycles. The van der Waals surface area contributed by atoms with E-state index >= 15 is 0 Å². The van der Waals surface area contributed by atoms with Crippen LogP contribution in [0.3, 0.4) is 0 Å². The van der Waals surface area contributed by atoms with Crippen LogP contribution in [0.1, 0.15) is 31.1 Å². The molecule has 0 aliphatic carbocycles. The van der Waals surface area contributed by atoms with Crippen molar-refractivity contribution in [3.63, 3.8) is 0 Å². The van der Waals surface area contributed by atoms with Crippen LogP contribution >= 0.6 is 0 Å². The highest BCUT2D eigenvalue weighted by atomic mass is 16.5. The second-order valence-electron chi connectivity index (χ2n) is 6.68. The van der Waals surface area contributed by atoms with Crippen molar-refractivity contribution in [3.05, 3.63) is 66.5 Å². The van der Waals surface area contributed by atoms with Crippen molar-refractivity contribution in [2.45, 2.75) is 26.3 Å². The molecule has 0 radical (unpaired) electrons. The van der Waals surface area contributed by atoms with E-state index in [0.29, 0.717) is 18.3 Å². The molecular weight excluding hydrogens is 340 g/mol. The van der Waals surface area contributed by atoms with Crippen LogP contribution in [0.15, 0.2) is 59.6 Å². The van der Waals surface area contributed by atoms with Crippen molar-refractivity contribution in [2.75, 3.05) is 12.4 Å². The minimum atomic E-state index is 0.420. The number of benzene rings is 1. The summed E-state index contributed by atoms with van der Waals surface area (Å²) in [5.74, 6) is 2.75. The Hall–Kier alpha value is -3.28. The Morgan fingerprint density at radius 3 is 2.89 bits per heavy atom. The summed E-state index contributed by atoms with van der Waals surface area (Å²) >= 11 is 0. The number of rotatable bonds is 6. The number of hydrogen-bond acceptors (Lipinski definition) is 5. The number of nitrogens with zero attached hydrogens (tertiary/aromatic N) is 3. The lowest BCUT2D eigenvalue weighted by Crippen LogP contribution is -2.05. The zero-order valence-corrected chi connectivity index (χ0v) is 15.6. The molecule has 0 fully saturated rings. The van der Waals surface area contributed by atoms with E-state index in [2.05, 4.69) is 36.3 Å². The molecule has 6 nitrogen and oxygen atoms in total.